The summed E-state index contributed by atoms with van der Waals surface area (Å²) < 4.78 is 0. The van der Waals surface area contributed by atoms with Gasteiger partial charge in [0.05, 0.1) is 5.92 Å². The zero-order chi connectivity index (χ0) is 16.8. The quantitative estimate of drug-likeness (QED) is 0.342. The maximum Gasteiger partial charge on any atom is 0.306 e. The molecule has 22 heavy (non-hydrogen) atoms. The standard InChI is InChI=1S/C20H40O2/c1-5-7-15-19(20(21)22)16-11-10-14-18(4)13-9-8-12-17(3)6-2/h17-19H,5-16H2,1-4H3,(H,21,22). The summed E-state index contributed by atoms with van der Waals surface area (Å²) in [6.07, 6.45) is 14.2. The number of carbonyl (C=O) groups is 1. The molecule has 0 rings (SSSR count). The summed E-state index contributed by atoms with van der Waals surface area (Å²) in [6, 6.07) is 0. The molecule has 0 aromatic rings. The van der Waals surface area contributed by atoms with Crippen molar-refractivity contribution in [3.8, 4) is 0 Å². The second-order valence-corrected chi connectivity index (χ2v) is 7.36. The Morgan fingerprint density at radius 2 is 1.23 bits per heavy atom. The summed E-state index contributed by atoms with van der Waals surface area (Å²) in [5.41, 5.74) is 0. The molecule has 0 amide bonds. The molecule has 2 nitrogen and oxygen atoms in total. The lowest BCUT2D eigenvalue weighted by molar-refractivity contribution is -0.142. The largest absolute Gasteiger partial charge is 0.481 e. The van der Waals surface area contributed by atoms with Gasteiger partial charge in [-0.15, -0.1) is 0 Å². The molecule has 0 aromatic heterocycles. The van der Waals surface area contributed by atoms with Crippen LogP contribution in [-0.4, -0.2) is 11.1 Å². The molecule has 0 fully saturated rings. The van der Waals surface area contributed by atoms with E-state index in [2.05, 4.69) is 27.7 Å². The maximum atomic E-state index is 11.2. The Kier molecular flexibility index (Phi) is 13.7. The Balaban J connectivity index is 3.61. The minimum Gasteiger partial charge on any atom is -0.481 e. The molecule has 132 valence electrons. The fraction of sp³-hybridized carbons (Fsp3) is 0.950. The first-order valence-electron chi connectivity index (χ1n) is 9.73. The highest BCUT2D eigenvalue weighted by Crippen LogP contribution is 2.21. The van der Waals surface area contributed by atoms with Crippen LogP contribution >= 0.6 is 0 Å². The van der Waals surface area contributed by atoms with E-state index in [1.807, 2.05) is 0 Å². The van der Waals surface area contributed by atoms with Crippen molar-refractivity contribution < 1.29 is 9.90 Å². The van der Waals surface area contributed by atoms with Gasteiger partial charge in [0.2, 0.25) is 0 Å². The van der Waals surface area contributed by atoms with E-state index in [4.69, 9.17) is 0 Å². The fourth-order valence-electron chi connectivity index (χ4n) is 3.06. The SMILES string of the molecule is CCCCC(CCCCC(C)CCCCC(C)CC)C(=O)O. The smallest absolute Gasteiger partial charge is 0.306 e. The Morgan fingerprint density at radius 3 is 1.68 bits per heavy atom. The zero-order valence-corrected chi connectivity index (χ0v) is 15.6. The van der Waals surface area contributed by atoms with Crippen LogP contribution in [0.5, 0.6) is 0 Å². The first kappa shape index (κ1) is 21.5. The lowest BCUT2D eigenvalue weighted by Crippen LogP contribution is -2.13. The molecule has 0 aliphatic rings. The Labute approximate surface area is 139 Å². The van der Waals surface area contributed by atoms with E-state index in [1.54, 1.807) is 0 Å². The summed E-state index contributed by atoms with van der Waals surface area (Å²) >= 11 is 0. The summed E-state index contributed by atoms with van der Waals surface area (Å²) in [4.78, 5) is 11.2. The minimum absolute atomic E-state index is 0.106. The van der Waals surface area contributed by atoms with Crippen molar-refractivity contribution in [1.29, 1.82) is 0 Å². The summed E-state index contributed by atoms with van der Waals surface area (Å²) in [6.45, 7) is 9.11. The van der Waals surface area contributed by atoms with Crippen molar-refractivity contribution in [2.75, 3.05) is 0 Å². The van der Waals surface area contributed by atoms with Crippen molar-refractivity contribution in [1.82, 2.24) is 0 Å². The average Bonchev–Trinajstić information content (AvgIpc) is 2.50. The molecule has 0 saturated carbocycles. The van der Waals surface area contributed by atoms with E-state index in [9.17, 15) is 9.90 Å². The van der Waals surface area contributed by atoms with Gasteiger partial charge in [-0.05, 0) is 24.7 Å². The van der Waals surface area contributed by atoms with Gasteiger partial charge >= 0.3 is 5.97 Å². The number of carboxylic acid groups (broad SMARTS) is 1. The molecule has 0 bridgehead atoms. The molecule has 0 saturated heterocycles. The molecule has 3 unspecified atom stereocenters. The highest BCUT2D eigenvalue weighted by Gasteiger charge is 2.16. The van der Waals surface area contributed by atoms with Crippen molar-refractivity contribution in [2.24, 2.45) is 17.8 Å². The van der Waals surface area contributed by atoms with Crippen LogP contribution in [0.15, 0.2) is 0 Å². The molecule has 0 radical (unpaired) electrons. The highest BCUT2D eigenvalue weighted by atomic mass is 16.4. The van der Waals surface area contributed by atoms with Crippen LogP contribution in [0.4, 0.5) is 0 Å². The third kappa shape index (κ3) is 12.1. The van der Waals surface area contributed by atoms with Crippen molar-refractivity contribution in [2.45, 2.75) is 105 Å². The van der Waals surface area contributed by atoms with E-state index < -0.39 is 5.97 Å². The fourth-order valence-corrected chi connectivity index (χ4v) is 3.06. The van der Waals surface area contributed by atoms with Gasteiger partial charge < -0.3 is 5.11 Å². The molecular weight excluding hydrogens is 272 g/mol. The lowest BCUT2D eigenvalue weighted by Gasteiger charge is -2.14. The molecule has 0 heterocycles. The Hall–Kier alpha value is -0.530. The minimum atomic E-state index is -0.591. The summed E-state index contributed by atoms with van der Waals surface area (Å²) in [7, 11) is 0. The number of hydrogen-bond acceptors (Lipinski definition) is 1. The Morgan fingerprint density at radius 1 is 0.773 bits per heavy atom. The van der Waals surface area contributed by atoms with Gasteiger partial charge in [0.15, 0.2) is 0 Å². The number of rotatable bonds is 15. The third-order valence-electron chi connectivity index (χ3n) is 5.10. The second kappa shape index (κ2) is 14.1. The maximum absolute atomic E-state index is 11.2. The van der Waals surface area contributed by atoms with E-state index >= 15 is 0 Å². The van der Waals surface area contributed by atoms with Crippen LogP contribution in [0.3, 0.4) is 0 Å². The first-order valence-corrected chi connectivity index (χ1v) is 9.73. The van der Waals surface area contributed by atoms with Gasteiger partial charge in [0.1, 0.15) is 0 Å². The summed E-state index contributed by atoms with van der Waals surface area (Å²) in [5.74, 6) is 0.986. The van der Waals surface area contributed by atoms with E-state index in [-0.39, 0.29) is 5.92 Å². The lowest BCUT2D eigenvalue weighted by atomic mass is 9.92. The number of aliphatic carboxylic acids is 1. The normalized spacial score (nSPS) is 15.5. The molecule has 0 aliphatic heterocycles. The molecule has 0 aromatic carbocycles. The van der Waals surface area contributed by atoms with Gasteiger partial charge in [-0.3, -0.25) is 4.79 Å². The van der Waals surface area contributed by atoms with Gasteiger partial charge in [-0.2, -0.15) is 0 Å². The van der Waals surface area contributed by atoms with Gasteiger partial charge in [-0.25, -0.2) is 0 Å². The molecule has 3 atom stereocenters. The van der Waals surface area contributed by atoms with E-state index in [0.717, 1.165) is 43.9 Å². The first-order chi connectivity index (χ1) is 10.5. The van der Waals surface area contributed by atoms with Crippen LogP contribution in [0.25, 0.3) is 0 Å². The highest BCUT2D eigenvalue weighted by molar-refractivity contribution is 5.69. The van der Waals surface area contributed by atoms with Gasteiger partial charge in [0.25, 0.3) is 0 Å². The van der Waals surface area contributed by atoms with E-state index in [1.165, 1.54) is 44.9 Å². The predicted molar refractivity (Wildman–Crippen MR) is 96.2 cm³/mol. The topological polar surface area (TPSA) is 37.3 Å². The molecule has 2 heteroatoms. The van der Waals surface area contributed by atoms with Crippen molar-refractivity contribution in [3.05, 3.63) is 0 Å². The van der Waals surface area contributed by atoms with Crippen molar-refractivity contribution >= 4 is 5.97 Å². The molecular formula is C20H40O2. The van der Waals surface area contributed by atoms with Crippen LogP contribution in [0.2, 0.25) is 0 Å². The van der Waals surface area contributed by atoms with Crippen LogP contribution in [0.1, 0.15) is 105 Å². The van der Waals surface area contributed by atoms with Crippen LogP contribution in [0, 0.1) is 17.8 Å². The van der Waals surface area contributed by atoms with Gasteiger partial charge in [-0.1, -0.05) is 91.9 Å². The van der Waals surface area contributed by atoms with Crippen LogP contribution in [-0.2, 0) is 4.79 Å². The number of unbranched alkanes of at least 4 members (excludes halogenated alkanes) is 3. The van der Waals surface area contributed by atoms with Gasteiger partial charge in [0, 0.05) is 0 Å². The molecule has 1 N–H and O–H groups in total. The van der Waals surface area contributed by atoms with Crippen LogP contribution < -0.4 is 0 Å². The number of hydrogen-bond donors (Lipinski definition) is 1. The van der Waals surface area contributed by atoms with E-state index in [0.29, 0.717) is 0 Å². The molecule has 0 aliphatic carbocycles. The second-order valence-electron chi connectivity index (χ2n) is 7.36. The monoisotopic (exact) mass is 312 g/mol. The zero-order valence-electron chi connectivity index (χ0n) is 15.6. The molecule has 0 spiro atoms. The Bertz CT molecular complexity index is 262. The summed E-state index contributed by atoms with van der Waals surface area (Å²) in [5, 5.41) is 9.22. The predicted octanol–water partition coefficient (Wildman–Crippen LogP) is 6.68. The van der Waals surface area contributed by atoms with Crippen molar-refractivity contribution in [3.63, 3.8) is 0 Å². The third-order valence-corrected chi connectivity index (χ3v) is 5.10. The number of carboxylic acids is 1. The average molecular weight is 313 g/mol.